The topological polar surface area (TPSA) is 91.8 Å². The third kappa shape index (κ3) is 5.71. The first-order valence-corrected chi connectivity index (χ1v) is 10.2. The summed E-state index contributed by atoms with van der Waals surface area (Å²) >= 11 is 0. The normalized spacial score (nSPS) is 19.7. The Hall–Kier alpha value is -2.57. The summed E-state index contributed by atoms with van der Waals surface area (Å²) in [5.41, 5.74) is 2.02. The van der Waals surface area contributed by atoms with Crippen LogP contribution in [0.5, 0.6) is 0 Å². The first-order valence-electron chi connectivity index (χ1n) is 10.2. The van der Waals surface area contributed by atoms with Crippen LogP contribution in [0.15, 0.2) is 29.3 Å². The molecule has 1 aliphatic heterocycles. The first-order chi connectivity index (χ1) is 13.7. The van der Waals surface area contributed by atoms with E-state index in [1.807, 2.05) is 24.3 Å². The fraction of sp³-hybridized carbons (Fsp3) is 0.571. The van der Waals surface area contributed by atoms with Crippen molar-refractivity contribution in [3.05, 3.63) is 29.8 Å². The van der Waals surface area contributed by atoms with Crippen molar-refractivity contribution >= 4 is 23.5 Å². The van der Waals surface area contributed by atoms with E-state index in [2.05, 4.69) is 20.9 Å². The number of hydrogen-bond donors (Lipinski definition) is 3. The highest BCUT2D eigenvalue weighted by molar-refractivity contribution is 5.94. The van der Waals surface area contributed by atoms with E-state index in [-0.39, 0.29) is 23.9 Å². The summed E-state index contributed by atoms with van der Waals surface area (Å²) in [5, 5.41) is 9.43. The average Bonchev–Trinajstić information content (AvgIpc) is 3.20. The number of rotatable bonds is 7. The molecule has 1 saturated carbocycles. The van der Waals surface area contributed by atoms with Gasteiger partial charge in [0.05, 0.1) is 0 Å². The van der Waals surface area contributed by atoms with E-state index in [4.69, 9.17) is 4.74 Å². The number of carbonyl (C=O) groups is 2. The van der Waals surface area contributed by atoms with Gasteiger partial charge in [-0.05, 0) is 43.7 Å². The SMILES string of the molecule is CN=C(NCCCC(=O)OC1CCCC1)NCC1CC(=O)Nc2ccccc21. The van der Waals surface area contributed by atoms with Gasteiger partial charge in [-0.15, -0.1) is 0 Å². The molecule has 0 saturated heterocycles. The summed E-state index contributed by atoms with van der Waals surface area (Å²) in [7, 11) is 1.71. The fourth-order valence-corrected chi connectivity index (χ4v) is 3.81. The fourth-order valence-electron chi connectivity index (χ4n) is 3.81. The highest BCUT2D eigenvalue weighted by atomic mass is 16.5. The zero-order valence-electron chi connectivity index (χ0n) is 16.5. The smallest absolute Gasteiger partial charge is 0.306 e. The van der Waals surface area contributed by atoms with Crippen LogP contribution in [0, 0.1) is 0 Å². The van der Waals surface area contributed by atoms with Gasteiger partial charge in [0.2, 0.25) is 5.91 Å². The monoisotopic (exact) mass is 386 g/mol. The Morgan fingerprint density at radius 2 is 2.04 bits per heavy atom. The van der Waals surface area contributed by atoms with Crippen LogP contribution in [0.25, 0.3) is 0 Å². The van der Waals surface area contributed by atoms with E-state index in [0.717, 1.165) is 36.9 Å². The summed E-state index contributed by atoms with van der Waals surface area (Å²) in [6, 6.07) is 7.89. The summed E-state index contributed by atoms with van der Waals surface area (Å²) < 4.78 is 5.46. The van der Waals surface area contributed by atoms with Gasteiger partial charge < -0.3 is 20.7 Å². The van der Waals surface area contributed by atoms with Gasteiger partial charge in [0.1, 0.15) is 6.10 Å². The number of para-hydroxylation sites is 1. The Kier molecular flexibility index (Phi) is 7.28. The van der Waals surface area contributed by atoms with E-state index in [9.17, 15) is 9.59 Å². The van der Waals surface area contributed by atoms with Crippen molar-refractivity contribution in [2.45, 2.75) is 57.0 Å². The van der Waals surface area contributed by atoms with Crippen LogP contribution in [0.3, 0.4) is 0 Å². The molecule has 2 aliphatic rings. The number of ether oxygens (including phenoxy) is 1. The molecule has 1 atom stereocenters. The number of fused-ring (bicyclic) bond motifs is 1. The van der Waals surface area contributed by atoms with Gasteiger partial charge >= 0.3 is 5.97 Å². The standard InChI is InChI=1S/C21H30N4O3/c1-22-21(23-12-6-11-20(27)28-16-7-2-3-8-16)24-14-15-13-19(26)25-18-10-5-4-9-17(15)18/h4-5,9-10,15-16H,2-3,6-8,11-14H2,1H3,(H,25,26)(H2,22,23,24). The Bertz CT molecular complexity index is 713. The molecule has 3 rings (SSSR count). The second-order valence-electron chi connectivity index (χ2n) is 7.42. The second kappa shape index (κ2) is 10.1. The maximum absolute atomic E-state index is 11.9. The van der Waals surface area contributed by atoms with Crippen molar-refractivity contribution in [1.29, 1.82) is 0 Å². The summed E-state index contributed by atoms with van der Waals surface area (Å²) in [5.74, 6) is 0.702. The molecule has 0 radical (unpaired) electrons. The molecule has 1 heterocycles. The molecule has 0 bridgehead atoms. The summed E-state index contributed by atoms with van der Waals surface area (Å²) in [6.45, 7) is 1.26. The van der Waals surface area contributed by atoms with Gasteiger partial charge in [-0.1, -0.05) is 18.2 Å². The summed E-state index contributed by atoms with van der Waals surface area (Å²) in [6.07, 6.45) is 6.02. The second-order valence-corrected chi connectivity index (χ2v) is 7.42. The molecular formula is C21H30N4O3. The maximum atomic E-state index is 11.9. The molecule has 1 unspecified atom stereocenters. The Morgan fingerprint density at radius 3 is 2.82 bits per heavy atom. The third-order valence-electron chi connectivity index (χ3n) is 5.30. The Labute approximate surface area is 166 Å². The number of aliphatic imine (C=N–C) groups is 1. The van der Waals surface area contributed by atoms with Crippen LogP contribution < -0.4 is 16.0 Å². The molecule has 1 aromatic rings. The lowest BCUT2D eigenvalue weighted by atomic mass is 9.90. The highest BCUT2D eigenvalue weighted by Gasteiger charge is 2.24. The lowest BCUT2D eigenvalue weighted by Crippen LogP contribution is -2.41. The minimum atomic E-state index is -0.110. The number of carbonyl (C=O) groups excluding carboxylic acids is 2. The van der Waals surface area contributed by atoms with Crippen molar-refractivity contribution in [1.82, 2.24) is 10.6 Å². The van der Waals surface area contributed by atoms with E-state index in [1.165, 1.54) is 0 Å². The number of guanidine groups is 1. The predicted molar refractivity (Wildman–Crippen MR) is 109 cm³/mol. The lowest BCUT2D eigenvalue weighted by molar-refractivity contribution is -0.148. The number of nitrogens with zero attached hydrogens (tertiary/aromatic N) is 1. The molecule has 1 aromatic carbocycles. The van der Waals surface area contributed by atoms with Gasteiger partial charge in [-0.3, -0.25) is 14.6 Å². The first kappa shape index (κ1) is 20.2. The van der Waals surface area contributed by atoms with E-state index >= 15 is 0 Å². The molecule has 1 aliphatic carbocycles. The molecule has 28 heavy (non-hydrogen) atoms. The minimum Gasteiger partial charge on any atom is -0.462 e. The third-order valence-corrected chi connectivity index (χ3v) is 5.30. The minimum absolute atomic E-state index is 0.0363. The Morgan fingerprint density at radius 1 is 1.25 bits per heavy atom. The van der Waals surface area contributed by atoms with Gasteiger partial charge in [0, 0.05) is 44.6 Å². The number of amides is 1. The summed E-state index contributed by atoms with van der Waals surface area (Å²) in [4.78, 5) is 28.0. The van der Waals surface area contributed by atoms with Gasteiger partial charge in [0.15, 0.2) is 5.96 Å². The molecule has 0 spiro atoms. The predicted octanol–water partition coefficient (Wildman–Crippen LogP) is 2.54. The molecule has 7 nitrogen and oxygen atoms in total. The number of benzene rings is 1. The van der Waals surface area contributed by atoms with Crippen molar-refractivity contribution in [2.75, 3.05) is 25.5 Å². The van der Waals surface area contributed by atoms with Gasteiger partial charge in [0.25, 0.3) is 0 Å². The van der Waals surface area contributed by atoms with E-state index < -0.39 is 0 Å². The van der Waals surface area contributed by atoms with Crippen molar-refractivity contribution in [2.24, 2.45) is 4.99 Å². The van der Waals surface area contributed by atoms with Crippen LogP contribution in [-0.4, -0.2) is 44.1 Å². The van der Waals surface area contributed by atoms with Crippen molar-refractivity contribution in [3.8, 4) is 0 Å². The molecule has 3 N–H and O–H groups in total. The van der Waals surface area contributed by atoms with Crippen molar-refractivity contribution in [3.63, 3.8) is 0 Å². The molecule has 1 fully saturated rings. The molecule has 0 aromatic heterocycles. The van der Waals surface area contributed by atoms with Gasteiger partial charge in [-0.2, -0.15) is 0 Å². The number of esters is 1. The quantitative estimate of drug-likeness (QED) is 0.290. The van der Waals surface area contributed by atoms with Crippen molar-refractivity contribution < 1.29 is 14.3 Å². The zero-order chi connectivity index (χ0) is 19.8. The van der Waals surface area contributed by atoms with Crippen LogP contribution in [0.2, 0.25) is 0 Å². The van der Waals surface area contributed by atoms with E-state index in [0.29, 0.717) is 38.3 Å². The average molecular weight is 386 g/mol. The lowest BCUT2D eigenvalue weighted by Gasteiger charge is -2.26. The Balaban J connectivity index is 1.38. The zero-order valence-corrected chi connectivity index (χ0v) is 16.5. The largest absolute Gasteiger partial charge is 0.462 e. The van der Waals surface area contributed by atoms with E-state index in [1.54, 1.807) is 7.05 Å². The molecule has 152 valence electrons. The molecular weight excluding hydrogens is 356 g/mol. The van der Waals surface area contributed by atoms with Crippen LogP contribution in [-0.2, 0) is 14.3 Å². The van der Waals surface area contributed by atoms with Crippen LogP contribution >= 0.6 is 0 Å². The highest BCUT2D eigenvalue weighted by Crippen LogP contribution is 2.31. The van der Waals surface area contributed by atoms with Crippen LogP contribution in [0.1, 0.15) is 56.4 Å². The van der Waals surface area contributed by atoms with Crippen LogP contribution in [0.4, 0.5) is 5.69 Å². The maximum Gasteiger partial charge on any atom is 0.306 e. The number of anilines is 1. The number of nitrogens with one attached hydrogen (secondary N) is 3. The number of hydrogen-bond acceptors (Lipinski definition) is 4. The van der Waals surface area contributed by atoms with Gasteiger partial charge in [-0.25, -0.2) is 0 Å². The molecule has 1 amide bonds. The molecule has 7 heteroatoms.